The van der Waals surface area contributed by atoms with E-state index in [1.54, 1.807) is 43.5 Å². The van der Waals surface area contributed by atoms with Crippen molar-refractivity contribution < 1.29 is 28.7 Å². The monoisotopic (exact) mass is 460 g/mol. The maximum Gasteiger partial charge on any atom is 0.363 e. The summed E-state index contributed by atoms with van der Waals surface area (Å²) in [5.74, 6) is 0.995. The summed E-state index contributed by atoms with van der Waals surface area (Å²) in [7, 11) is 1.55. The highest BCUT2D eigenvalue weighted by atomic mass is 16.6. The van der Waals surface area contributed by atoms with Crippen LogP contribution in [0.4, 0.5) is 5.69 Å². The molecule has 172 valence electrons. The first-order valence-electron chi connectivity index (χ1n) is 10.3. The molecule has 0 saturated carbocycles. The Bertz CT molecular complexity index is 1270. The molecular formula is C25H20N2O7. The van der Waals surface area contributed by atoms with E-state index in [4.69, 9.17) is 18.9 Å². The molecule has 3 aromatic rings. The Morgan fingerprint density at radius 3 is 2.32 bits per heavy atom. The van der Waals surface area contributed by atoms with Crippen LogP contribution in [0, 0.1) is 10.1 Å². The number of cyclic esters (lactones) is 1. The maximum atomic E-state index is 12.4. The lowest BCUT2D eigenvalue weighted by Crippen LogP contribution is -2.10. The van der Waals surface area contributed by atoms with Crippen LogP contribution < -0.4 is 14.2 Å². The van der Waals surface area contributed by atoms with Crippen molar-refractivity contribution in [3.05, 3.63) is 99.7 Å². The van der Waals surface area contributed by atoms with Crippen molar-refractivity contribution >= 4 is 23.6 Å². The van der Waals surface area contributed by atoms with E-state index in [-0.39, 0.29) is 30.5 Å². The van der Waals surface area contributed by atoms with E-state index in [1.165, 1.54) is 24.3 Å². The zero-order valence-corrected chi connectivity index (χ0v) is 18.2. The molecule has 0 N–H and O–H groups in total. The predicted molar refractivity (Wildman–Crippen MR) is 124 cm³/mol. The molecule has 4 rings (SSSR count). The number of methoxy groups -OCH3 is 1. The van der Waals surface area contributed by atoms with Crippen molar-refractivity contribution in [3.63, 3.8) is 0 Å². The van der Waals surface area contributed by atoms with Crippen molar-refractivity contribution in [2.75, 3.05) is 20.3 Å². The SMILES string of the molecule is COc1ccccc1OCCOc1ccc([N+](=O)[O-])cc1/C=C1\N=C(c2ccccc2)OC1=O. The molecule has 9 nitrogen and oxygen atoms in total. The second-order valence-corrected chi connectivity index (χ2v) is 7.03. The quantitative estimate of drug-likeness (QED) is 0.153. The van der Waals surface area contributed by atoms with Gasteiger partial charge in [-0.15, -0.1) is 0 Å². The molecule has 0 aliphatic carbocycles. The van der Waals surface area contributed by atoms with Gasteiger partial charge in [-0.05, 0) is 36.4 Å². The number of nitro benzene ring substituents is 1. The van der Waals surface area contributed by atoms with Gasteiger partial charge in [-0.25, -0.2) is 9.79 Å². The molecule has 0 atom stereocenters. The summed E-state index contributed by atoms with van der Waals surface area (Å²) < 4.78 is 22.0. The van der Waals surface area contributed by atoms with Crippen molar-refractivity contribution in [2.45, 2.75) is 0 Å². The zero-order valence-electron chi connectivity index (χ0n) is 18.2. The molecule has 0 unspecified atom stereocenters. The number of nitrogens with zero attached hydrogens (tertiary/aromatic N) is 2. The van der Waals surface area contributed by atoms with Crippen LogP contribution in [-0.2, 0) is 9.53 Å². The van der Waals surface area contributed by atoms with Crippen molar-refractivity contribution in [1.29, 1.82) is 0 Å². The zero-order chi connectivity index (χ0) is 23.9. The Morgan fingerprint density at radius 2 is 1.62 bits per heavy atom. The number of rotatable bonds is 9. The molecule has 0 aromatic heterocycles. The van der Waals surface area contributed by atoms with Gasteiger partial charge in [0.15, 0.2) is 17.2 Å². The number of ether oxygens (including phenoxy) is 4. The van der Waals surface area contributed by atoms with Crippen LogP contribution >= 0.6 is 0 Å². The molecule has 1 heterocycles. The molecule has 34 heavy (non-hydrogen) atoms. The van der Waals surface area contributed by atoms with Gasteiger partial charge in [0.1, 0.15) is 19.0 Å². The summed E-state index contributed by atoms with van der Waals surface area (Å²) >= 11 is 0. The van der Waals surface area contributed by atoms with Crippen molar-refractivity contribution in [3.8, 4) is 17.2 Å². The van der Waals surface area contributed by atoms with Gasteiger partial charge in [-0.2, -0.15) is 0 Å². The highest BCUT2D eigenvalue weighted by molar-refractivity contribution is 6.12. The first-order chi connectivity index (χ1) is 16.5. The van der Waals surface area contributed by atoms with Gasteiger partial charge in [0, 0.05) is 23.3 Å². The number of hydrogen-bond donors (Lipinski definition) is 0. The van der Waals surface area contributed by atoms with Gasteiger partial charge in [0.2, 0.25) is 5.90 Å². The number of carbonyl (C=O) groups excluding carboxylic acids is 1. The summed E-state index contributed by atoms with van der Waals surface area (Å²) in [5, 5.41) is 11.3. The van der Waals surface area contributed by atoms with Gasteiger partial charge < -0.3 is 18.9 Å². The van der Waals surface area contributed by atoms with Crippen LogP contribution in [0.25, 0.3) is 6.08 Å². The average molecular weight is 460 g/mol. The molecule has 0 fully saturated rings. The van der Waals surface area contributed by atoms with Crippen LogP contribution in [0.3, 0.4) is 0 Å². The molecule has 3 aromatic carbocycles. The van der Waals surface area contributed by atoms with E-state index < -0.39 is 10.9 Å². The summed E-state index contributed by atoms with van der Waals surface area (Å²) in [4.78, 5) is 27.4. The van der Waals surface area contributed by atoms with Crippen LogP contribution in [0.15, 0.2) is 83.5 Å². The lowest BCUT2D eigenvalue weighted by molar-refractivity contribution is -0.384. The van der Waals surface area contributed by atoms with Crippen LogP contribution in [-0.4, -0.2) is 37.1 Å². The topological polar surface area (TPSA) is 109 Å². The van der Waals surface area contributed by atoms with Gasteiger partial charge in [0.25, 0.3) is 5.69 Å². The summed E-state index contributed by atoms with van der Waals surface area (Å²) in [6, 6.07) is 20.3. The second kappa shape index (κ2) is 10.3. The third-order valence-electron chi connectivity index (χ3n) is 4.81. The smallest absolute Gasteiger partial charge is 0.363 e. The lowest BCUT2D eigenvalue weighted by atomic mass is 10.1. The molecule has 0 radical (unpaired) electrons. The number of aliphatic imine (C=N–C) groups is 1. The van der Waals surface area contributed by atoms with Gasteiger partial charge in [0.05, 0.1) is 12.0 Å². The Balaban J connectivity index is 1.53. The van der Waals surface area contributed by atoms with E-state index >= 15 is 0 Å². The standard InChI is InChI=1S/C25H20N2O7/c1-31-22-9-5-6-10-23(22)33-14-13-32-21-12-11-19(27(29)30)15-18(21)16-20-25(28)34-24(26-20)17-7-3-2-4-8-17/h2-12,15-16H,13-14H2,1H3/b20-16-. The Hall–Kier alpha value is -4.66. The number of hydrogen-bond acceptors (Lipinski definition) is 8. The number of para-hydroxylation sites is 2. The van der Waals surface area contributed by atoms with E-state index in [0.29, 0.717) is 28.4 Å². The molecule has 0 spiro atoms. The average Bonchev–Trinajstić information content (AvgIpc) is 3.23. The highest BCUT2D eigenvalue weighted by Gasteiger charge is 2.25. The van der Waals surface area contributed by atoms with Gasteiger partial charge in [-0.3, -0.25) is 10.1 Å². The molecule has 1 aliphatic rings. The van der Waals surface area contributed by atoms with E-state index in [1.807, 2.05) is 18.2 Å². The minimum atomic E-state index is -0.657. The number of esters is 1. The molecule has 0 bridgehead atoms. The lowest BCUT2D eigenvalue weighted by Gasteiger charge is -2.12. The normalized spacial score (nSPS) is 13.9. The molecule has 9 heteroatoms. The summed E-state index contributed by atoms with van der Waals surface area (Å²) in [6.07, 6.45) is 1.40. The molecule has 0 saturated heterocycles. The first-order valence-corrected chi connectivity index (χ1v) is 10.3. The fourth-order valence-corrected chi connectivity index (χ4v) is 3.20. The highest BCUT2D eigenvalue weighted by Crippen LogP contribution is 2.29. The molecule has 1 aliphatic heterocycles. The van der Waals surface area contributed by atoms with Crippen molar-refractivity contribution in [1.82, 2.24) is 0 Å². The Morgan fingerprint density at radius 1 is 0.941 bits per heavy atom. The Kier molecular flexibility index (Phi) is 6.83. The van der Waals surface area contributed by atoms with Gasteiger partial charge in [-0.1, -0.05) is 30.3 Å². The van der Waals surface area contributed by atoms with Crippen LogP contribution in [0.1, 0.15) is 11.1 Å². The summed E-state index contributed by atoms with van der Waals surface area (Å²) in [6.45, 7) is 0.348. The van der Waals surface area contributed by atoms with E-state index in [0.717, 1.165) is 0 Å². The number of carbonyl (C=O) groups is 1. The van der Waals surface area contributed by atoms with E-state index in [2.05, 4.69) is 4.99 Å². The predicted octanol–water partition coefficient (Wildman–Crippen LogP) is 4.41. The van der Waals surface area contributed by atoms with Gasteiger partial charge >= 0.3 is 5.97 Å². The number of non-ortho nitro benzene ring substituents is 1. The molecular weight excluding hydrogens is 440 g/mol. The maximum absolute atomic E-state index is 12.4. The minimum absolute atomic E-state index is 0.00877. The Labute approximate surface area is 195 Å². The fourth-order valence-electron chi connectivity index (χ4n) is 3.20. The number of benzene rings is 3. The van der Waals surface area contributed by atoms with Crippen LogP contribution in [0.2, 0.25) is 0 Å². The minimum Gasteiger partial charge on any atom is -0.493 e. The summed E-state index contributed by atoms with van der Waals surface area (Å²) in [5.41, 5.74) is 0.817. The van der Waals surface area contributed by atoms with Crippen LogP contribution in [0.5, 0.6) is 17.2 Å². The third-order valence-corrected chi connectivity index (χ3v) is 4.81. The van der Waals surface area contributed by atoms with Crippen molar-refractivity contribution in [2.24, 2.45) is 4.99 Å². The first kappa shape index (κ1) is 22.5. The van der Waals surface area contributed by atoms with E-state index in [9.17, 15) is 14.9 Å². The fraction of sp³-hybridized carbons (Fsp3) is 0.120. The third kappa shape index (κ3) is 5.21. The largest absolute Gasteiger partial charge is 0.493 e. The second-order valence-electron chi connectivity index (χ2n) is 7.03. The number of nitro groups is 1. The molecule has 0 amide bonds.